The molecule has 0 aliphatic rings. The Kier molecular flexibility index (Phi) is 4.69. The molecule has 0 radical (unpaired) electrons. The van der Waals surface area contributed by atoms with E-state index in [1.807, 2.05) is 19.1 Å². The fraction of sp³-hybridized carbons (Fsp3) is 0.444. The Hall–Kier alpha value is -2.10. The number of ether oxygens (including phenoxy) is 1. The van der Waals surface area contributed by atoms with Gasteiger partial charge in [-0.15, -0.1) is 0 Å². The van der Waals surface area contributed by atoms with Crippen LogP contribution in [-0.2, 0) is 16.1 Å². The molecule has 4 nitrogen and oxygen atoms in total. The van der Waals surface area contributed by atoms with Gasteiger partial charge in [-0.05, 0) is 36.1 Å². The lowest BCUT2D eigenvalue weighted by atomic mass is 9.95. The van der Waals surface area contributed by atoms with Crippen molar-refractivity contribution in [1.82, 2.24) is 0 Å². The zero-order valence-corrected chi connectivity index (χ0v) is 13.7. The smallest absolute Gasteiger partial charge is 0.336 e. The van der Waals surface area contributed by atoms with Crippen molar-refractivity contribution >= 4 is 16.9 Å². The number of esters is 1. The van der Waals surface area contributed by atoms with Gasteiger partial charge >= 0.3 is 11.6 Å². The molecule has 1 aromatic carbocycles. The van der Waals surface area contributed by atoms with Crippen molar-refractivity contribution in [3.8, 4) is 0 Å². The average molecular weight is 302 g/mol. The SMILES string of the molecule is Cc1cc2oc(=O)cc(COC(=O)C(C)C)c2cc1C(C)C. The molecule has 4 heteroatoms. The molecular formula is C18H22O4. The van der Waals surface area contributed by atoms with Gasteiger partial charge in [0.1, 0.15) is 12.2 Å². The van der Waals surface area contributed by atoms with E-state index in [2.05, 4.69) is 13.8 Å². The van der Waals surface area contributed by atoms with Crippen LogP contribution in [0.4, 0.5) is 0 Å². The molecule has 0 spiro atoms. The first-order valence-corrected chi connectivity index (χ1v) is 7.53. The maximum atomic E-state index is 11.7. The first kappa shape index (κ1) is 16.3. The molecule has 0 N–H and O–H groups in total. The topological polar surface area (TPSA) is 56.5 Å². The Morgan fingerprint density at radius 1 is 1.18 bits per heavy atom. The molecule has 0 amide bonds. The number of hydrogen-bond donors (Lipinski definition) is 0. The van der Waals surface area contributed by atoms with Crippen LogP contribution in [0.25, 0.3) is 11.0 Å². The molecule has 22 heavy (non-hydrogen) atoms. The molecule has 0 saturated carbocycles. The van der Waals surface area contributed by atoms with Crippen LogP contribution in [0.15, 0.2) is 27.4 Å². The number of carbonyl (C=O) groups excluding carboxylic acids is 1. The molecule has 0 saturated heterocycles. The standard InChI is InChI=1S/C18H22O4/c1-10(2)14-8-15-13(9-21-18(20)11(3)4)7-17(19)22-16(15)6-12(14)5/h6-8,10-11H,9H2,1-5H3. The summed E-state index contributed by atoms with van der Waals surface area (Å²) < 4.78 is 10.5. The first-order valence-electron chi connectivity index (χ1n) is 7.53. The van der Waals surface area contributed by atoms with Crippen molar-refractivity contribution in [2.45, 2.75) is 47.1 Å². The summed E-state index contributed by atoms with van der Waals surface area (Å²) in [5, 5.41) is 0.824. The van der Waals surface area contributed by atoms with Gasteiger partial charge in [-0.2, -0.15) is 0 Å². The van der Waals surface area contributed by atoms with Crippen LogP contribution in [0.1, 0.15) is 50.3 Å². The number of aryl methyl sites for hydroxylation is 1. The van der Waals surface area contributed by atoms with Gasteiger partial charge in [-0.3, -0.25) is 4.79 Å². The van der Waals surface area contributed by atoms with Crippen LogP contribution in [0, 0.1) is 12.8 Å². The summed E-state index contributed by atoms with van der Waals surface area (Å²) in [5.74, 6) is -0.111. The quantitative estimate of drug-likeness (QED) is 0.634. The van der Waals surface area contributed by atoms with E-state index in [0.717, 1.165) is 10.9 Å². The summed E-state index contributed by atoms with van der Waals surface area (Å²) in [6.45, 7) is 9.87. The maximum Gasteiger partial charge on any atom is 0.336 e. The Balaban J connectivity index is 2.50. The third-order valence-electron chi connectivity index (χ3n) is 3.68. The minimum absolute atomic E-state index is 0.0830. The lowest BCUT2D eigenvalue weighted by Gasteiger charge is -2.13. The van der Waals surface area contributed by atoms with Crippen LogP contribution in [0.3, 0.4) is 0 Å². The van der Waals surface area contributed by atoms with Gasteiger partial charge < -0.3 is 9.15 Å². The summed E-state index contributed by atoms with van der Waals surface area (Å²) in [5.41, 5.74) is 3.06. The van der Waals surface area contributed by atoms with Crippen LogP contribution < -0.4 is 5.63 Å². The Labute approximate surface area is 130 Å². The molecule has 1 heterocycles. The summed E-state index contributed by atoms with van der Waals surface area (Å²) in [7, 11) is 0. The average Bonchev–Trinajstić information content (AvgIpc) is 2.42. The second-order valence-corrected chi connectivity index (χ2v) is 6.21. The fourth-order valence-corrected chi connectivity index (χ4v) is 2.45. The molecule has 1 aromatic heterocycles. The number of benzene rings is 1. The van der Waals surface area contributed by atoms with E-state index in [1.165, 1.54) is 11.6 Å². The third kappa shape index (κ3) is 3.38. The van der Waals surface area contributed by atoms with Crippen molar-refractivity contribution in [2.75, 3.05) is 0 Å². The summed E-state index contributed by atoms with van der Waals surface area (Å²) in [4.78, 5) is 23.3. The van der Waals surface area contributed by atoms with Gasteiger partial charge in [0, 0.05) is 17.0 Å². The van der Waals surface area contributed by atoms with E-state index < -0.39 is 5.63 Å². The predicted molar refractivity (Wildman–Crippen MR) is 85.9 cm³/mol. The molecule has 2 aromatic rings. The van der Waals surface area contributed by atoms with Crippen LogP contribution in [0.5, 0.6) is 0 Å². The Morgan fingerprint density at radius 3 is 2.45 bits per heavy atom. The van der Waals surface area contributed by atoms with E-state index in [9.17, 15) is 9.59 Å². The minimum Gasteiger partial charge on any atom is -0.461 e. The molecular weight excluding hydrogens is 280 g/mol. The summed E-state index contributed by atoms with van der Waals surface area (Å²) in [6, 6.07) is 5.30. The van der Waals surface area contributed by atoms with Crippen molar-refractivity contribution in [3.63, 3.8) is 0 Å². The van der Waals surface area contributed by atoms with Gasteiger partial charge in [0.15, 0.2) is 0 Å². The van der Waals surface area contributed by atoms with Gasteiger partial charge in [-0.1, -0.05) is 27.7 Å². The van der Waals surface area contributed by atoms with Crippen molar-refractivity contribution in [1.29, 1.82) is 0 Å². The molecule has 0 atom stereocenters. The van der Waals surface area contributed by atoms with Gasteiger partial charge in [0.05, 0.1) is 5.92 Å². The highest BCUT2D eigenvalue weighted by Crippen LogP contribution is 2.27. The molecule has 2 rings (SSSR count). The molecule has 118 valence electrons. The van der Waals surface area contributed by atoms with E-state index in [-0.39, 0.29) is 18.5 Å². The van der Waals surface area contributed by atoms with Gasteiger partial charge in [-0.25, -0.2) is 4.79 Å². The Morgan fingerprint density at radius 2 is 1.86 bits per heavy atom. The van der Waals surface area contributed by atoms with Gasteiger partial charge in [0.2, 0.25) is 0 Å². The maximum absolute atomic E-state index is 11.7. The monoisotopic (exact) mass is 302 g/mol. The largest absolute Gasteiger partial charge is 0.461 e. The first-order chi connectivity index (χ1) is 10.3. The number of fused-ring (bicyclic) bond motifs is 1. The Bertz CT molecular complexity index is 754. The summed E-state index contributed by atoms with van der Waals surface area (Å²) in [6.07, 6.45) is 0. The van der Waals surface area contributed by atoms with Gasteiger partial charge in [0.25, 0.3) is 0 Å². The third-order valence-corrected chi connectivity index (χ3v) is 3.68. The van der Waals surface area contributed by atoms with Crippen LogP contribution in [0.2, 0.25) is 0 Å². The zero-order chi connectivity index (χ0) is 16.4. The second-order valence-electron chi connectivity index (χ2n) is 6.21. The number of hydrogen-bond acceptors (Lipinski definition) is 4. The van der Waals surface area contributed by atoms with Crippen molar-refractivity contribution in [2.24, 2.45) is 5.92 Å². The highest BCUT2D eigenvalue weighted by atomic mass is 16.5. The lowest BCUT2D eigenvalue weighted by molar-refractivity contribution is -0.148. The molecule has 0 fully saturated rings. The van der Waals surface area contributed by atoms with E-state index in [1.54, 1.807) is 13.8 Å². The molecule has 0 aliphatic carbocycles. The number of rotatable bonds is 4. The zero-order valence-electron chi connectivity index (χ0n) is 13.7. The van der Waals surface area contributed by atoms with Crippen LogP contribution in [-0.4, -0.2) is 5.97 Å². The molecule has 0 aliphatic heterocycles. The molecule has 0 unspecified atom stereocenters. The highest BCUT2D eigenvalue weighted by molar-refractivity contribution is 5.82. The second kappa shape index (κ2) is 6.34. The minimum atomic E-state index is -0.431. The lowest BCUT2D eigenvalue weighted by Crippen LogP contribution is -2.12. The van der Waals surface area contributed by atoms with E-state index >= 15 is 0 Å². The molecule has 0 bridgehead atoms. The predicted octanol–water partition coefficient (Wildman–Crippen LogP) is 3.92. The summed E-state index contributed by atoms with van der Waals surface area (Å²) >= 11 is 0. The van der Waals surface area contributed by atoms with Crippen LogP contribution >= 0.6 is 0 Å². The fourth-order valence-electron chi connectivity index (χ4n) is 2.45. The van der Waals surface area contributed by atoms with Crippen molar-refractivity contribution in [3.05, 3.63) is 45.3 Å². The normalized spacial score (nSPS) is 11.4. The van der Waals surface area contributed by atoms with Crippen molar-refractivity contribution < 1.29 is 13.9 Å². The number of carbonyl (C=O) groups is 1. The van der Waals surface area contributed by atoms with E-state index in [4.69, 9.17) is 9.15 Å². The highest BCUT2D eigenvalue weighted by Gasteiger charge is 2.14. The van der Waals surface area contributed by atoms with E-state index in [0.29, 0.717) is 17.1 Å².